The number of rotatable bonds is 0. The summed E-state index contributed by atoms with van der Waals surface area (Å²) in [5.41, 5.74) is 1.18. The van der Waals surface area contributed by atoms with E-state index in [1.54, 1.807) is 6.20 Å². The molecular weight excluding hydrogens is 142 g/mol. The van der Waals surface area contributed by atoms with Crippen LogP contribution in [0.5, 0.6) is 0 Å². The minimum Gasteiger partial charge on any atom is -0.361 e. The van der Waals surface area contributed by atoms with E-state index in [4.69, 9.17) is 4.74 Å². The second-order valence-electron chi connectivity index (χ2n) is 2.38. The third kappa shape index (κ3) is 1.30. The van der Waals surface area contributed by atoms with Gasteiger partial charge in [-0.2, -0.15) is 5.10 Å². The monoisotopic (exact) mass is 151 g/mol. The highest BCUT2D eigenvalue weighted by atomic mass is 16.5. The molecule has 2 rings (SSSR count). The largest absolute Gasteiger partial charge is 0.361 e. The summed E-state index contributed by atoms with van der Waals surface area (Å²) in [7, 11) is 0. The van der Waals surface area contributed by atoms with Crippen LogP contribution < -0.4 is 5.32 Å². The zero-order valence-electron chi connectivity index (χ0n) is 6.08. The van der Waals surface area contributed by atoms with Crippen molar-refractivity contribution >= 4 is 5.82 Å². The molecule has 1 aliphatic heterocycles. The Labute approximate surface area is 64.6 Å². The molecule has 0 aromatic carbocycles. The van der Waals surface area contributed by atoms with Gasteiger partial charge in [0.15, 0.2) is 5.82 Å². The topological polar surface area (TPSA) is 47.0 Å². The molecule has 1 N–H and O–H groups in total. The van der Waals surface area contributed by atoms with E-state index in [2.05, 4.69) is 15.5 Å². The summed E-state index contributed by atoms with van der Waals surface area (Å²) in [5.74, 6) is 0.852. The predicted octanol–water partition coefficient (Wildman–Crippen LogP) is 0.419. The van der Waals surface area contributed by atoms with Crippen LogP contribution in [0.15, 0.2) is 12.3 Å². The first-order chi connectivity index (χ1) is 5.47. The first kappa shape index (κ1) is 6.54. The van der Waals surface area contributed by atoms with Crippen LogP contribution in [0.2, 0.25) is 0 Å². The van der Waals surface area contributed by atoms with Crippen molar-refractivity contribution in [3.8, 4) is 0 Å². The fourth-order valence-electron chi connectivity index (χ4n) is 1.08. The molecule has 0 bridgehead atoms. The summed E-state index contributed by atoms with van der Waals surface area (Å²) < 4.78 is 5.20. The Morgan fingerprint density at radius 2 is 2.55 bits per heavy atom. The molecule has 11 heavy (non-hydrogen) atoms. The zero-order valence-corrected chi connectivity index (χ0v) is 6.08. The first-order valence-electron chi connectivity index (χ1n) is 3.59. The third-order valence-electron chi connectivity index (χ3n) is 1.66. The number of nitrogens with zero attached hydrogens (tertiary/aromatic N) is 2. The van der Waals surface area contributed by atoms with Crippen LogP contribution in [0.1, 0.15) is 5.56 Å². The Balaban J connectivity index is 2.33. The van der Waals surface area contributed by atoms with E-state index in [9.17, 15) is 0 Å². The van der Waals surface area contributed by atoms with E-state index in [0.29, 0.717) is 6.73 Å². The van der Waals surface area contributed by atoms with E-state index >= 15 is 0 Å². The Bertz CT molecular complexity index is 226. The van der Waals surface area contributed by atoms with Crippen LogP contribution in [0.25, 0.3) is 0 Å². The minimum absolute atomic E-state index is 0.533. The van der Waals surface area contributed by atoms with E-state index in [1.807, 2.05) is 6.07 Å². The van der Waals surface area contributed by atoms with Crippen LogP contribution >= 0.6 is 0 Å². The quantitative estimate of drug-likeness (QED) is 0.583. The lowest BCUT2D eigenvalue weighted by Gasteiger charge is -2.01. The number of ether oxygens (including phenoxy) is 1. The highest BCUT2D eigenvalue weighted by Crippen LogP contribution is 2.12. The van der Waals surface area contributed by atoms with Gasteiger partial charge >= 0.3 is 0 Å². The van der Waals surface area contributed by atoms with Crippen LogP contribution in [0, 0.1) is 0 Å². The fourth-order valence-corrected chi connectivity index (χ4v) is 1.08. The van der Waals surface area contributed by atoms with Gasteiger partial charge in [0.1, 0.15) is 6.73 Å². The second kappa shape index (κ2) is 2.84. The molecule has 0 aliphatic carbocycles. The predicted molar refractivity (Wildman–Crippen MR) is 40.2 cm³/mol. The number of fused-ring (bicyclic) bond motifs is 1. The maximum absolute atomic E-state index is 5.20. The van der Waals surface area contributed by atoms with E-state index < -0.39 is 0 Å². The minimum atomic E-state index is 0.533. The first-order valence-corrected chi connectivity index (χ1v) is 3.59. The van der Waals surface area contributed by atoms with E-state index in [-0.39, 0.29) is 0 Å². The summed E-state index contributed by atoms with van der Waals surface area (Å²) in [5, 5.41) is 10.7. The number of anilines is 1. The van der Waals surface area contributed by atoms with Crippen molar-refractivity contribution in [2.24, 2.45) is 0 Å². The molecule has 1 aromatic rings. The molecule has 1 aromatic heterocycles. The van der Waals surface area contributed by atoms with E-state index in [0.717, 1.165) is 18.8 Å². The van der Waals surface area contributed by atoms with Crippen molar-refractivity contribution in [1.29, 1.82) is 0 Å². The summed E-state index contributed by atoms with van der Waals surface area (Å²) in [6.07, 6.45) is 2.61. The summed E-state index contributed by atoms with van der Waals surface area (Å²) in [6.45, 7) is 1.29. The normalized spacial score (nSPS) is 16.4. The SMILES string of the molecule is c1cc2c(nn1)NCOCC2. The Morgan fingerprint density at radius 1 is 1.55 bits per heavy atom. The van der Waals surface area contributed by atoms with Crippen molar-refractivity contribution in [3.05, 3.63) is 17.8 Å². The van der Waals surface area contributed by atoms with E-state index in [1.165, 1.54) is 5.56 Å². The lowest BCUT2D eigenvalue weighted by molar-refractivity contribution is 0.159. The molecule has 1 aliphatic rings. The fraction of sp³-hybridized carbons (Fsp3) is 0.429. The average molecular weight is 151 g/mol. The van der Waals surface area contributed by atoms with Gasteiger partial charge in [0.2, 0.25) is 0 Å². The number of hydrogen-bond acceptors (Lipinski definition) is 4. The molecule has 58 valence electrons. The molecule has 0 fully saturated rings. The molecular formula is C7H9N3O. The van der Waals surface area contributed by atoms with Gasteiger partial charge in [0, 0.05) is 5.56 Å². The molecule has 2 heterocycles. The molecule has 4 heteroatoms. The molecule has 0 atom stereocenters. The van der Waals surface area contributed by atoms with Crippen molar-refractivity contribution in [1.82, 2.24) is 10.2 Å². The molecule has 0 saturated carbocycles. The Hall–Kier alpha value is -1.16. The van der Waals surface area contributed by atoms with Crippen molar-refractivity contribution in [2.45, 2.75) is 6.42 Å². The average Bonchev–Trinajstić information content (AvgIpc) is 2.28. The standard InChI is InChI=1S/C7H9N3O/c1-3-9-10-7-6(1)2-4-11-5-8-7/h1,3H,2,4-5H2,(H,8,10). The van der Waals surface area contributed by atoms with Crippen LogP contribution in [-0.2, 0) is 11.2 Å². The van der Waals surface area contributed by atoms with Crippen molar-refractivity contribution in [3.63, 3.8) is 0 Å². The maximum Gasteiger partial charge on any atom is 0.153 e. The summed E-state index contributed by atoms with van der Waals surface area (Å²) in [4.78, 5) is 0. The van der Waals surface area contributed by atoms with Crippen molar-refractivity contribution in [2.75, 3.05) is 18.7 Å². The van der Waals surface area contributed by atoms with Gasteiger partial charge in [-0.05, 0) is 12.5 Å². The highest BCUT2D eigenvalue weighted by Gasteiger charge is 2.06. The number of nitrogens with one attached hydrogen (secondary N) is 1. The zero-order chi connectivity index (χ0) is 7.52. The molecule has 0 unspecified atom stereocenters. The van der Waals surface area contributed by atoms with Crippen LogP contribution in [0.3, 0.4) is 0 Å². The number of aromatic nitrogens is 2. The second-order valence-corrected chi connectivity index (χ2v) is 2.38. The molecule has 0 saturated heterocycles. The Morgan fingerprint density at radius 3 is 3.55 bits per heavy atom. The Kier molecular flexibility index (Phi) is 1.69. The molecule has 0 amide bonds. The van der Waals surface area contributed by atoms with Crippen LogP contribution in [0.4, 0.5) is 5.82 Å². The summed E-state index contributed by atoms with van der Waals surface area (Å²) >= 11 is 0. The van der Waals surface area contributed by atoms with Gasteiger partial charge < -0.3 is 10.1 Å². The van der Waals surface area contributed by atoms with Gasteiger partial charge in [0.25, 0.3) is 0 Å². The van der Waals surface area contributed by atoms with Gasteiger partial charge in [-0.15, -0.1) is 5.10 Å². The van der Waals surface area contributed by atoms with Gasteiger partial charge in [-0.3, -0.25) is 0 Å². The highest BCUT2D eigenvalue weighted by molar-refractivity contribution is 5.42. The molecule has 0 radical (unpaired) electrons. The van der Waals surface area contributed by atoms with Gasteiger partial charge in [-0.1, -0.05) is 0 Å². The summed E-state index contributed by atoms with van der Waals surface area (Å²) in [6, 6.07) is 1.96. The van der Waals surface area contributed by atoms with Crippen LogP contribution in [-0.4, -0.2) is 23.5 Å². The smallest absolute Gasteiger partial charge is 0.153 e. The third-order valence-corrected chi connectivity index (χ3v) is 1.66. The molecule has 4 nitrogen and oxygen atoms in total. The maximum atomic E-state index is 5.20. The van der Waals surface area contributed by atoms with Gasteiger partial charge in [0.05, 0.1) is 12.8 Å². The lowest BCUT2D eigenvalue weighted by atomic mass is 10.2. The molecule has 0 spiro atoms. The number of hydrogen-bond donors (Lipinski definition) is 1. The van der Waals surface area contributed by atoms with Crippen molar-refractivity contribution < 1.29 is 4.74 Å². The lowest BCUT2D eigenvalue weighted by Crippen LogP contribution is -2.04. The van der Waals surface area contributed by atoms with Gasteiger partial charge in [-0.25, -0.2) is 0 Å².